The fourth-order valence-corrected chi connectivity index (χ4v) is 4.35. The van der Waals surface area contributed by atoms with Crippen LogP contribution in [0.5, 0.6) is 0 Å². The van der Waals surface area contributed by atoms with Crippen molar-refractivity contribution >= 4 is 10.0 Å². The van der Waals surface area contributed by atoms with Gasteiger partial charge in [-0.2, -0.15) is 5.10 Å². The third-order valence-electron chi connectivity index (χ3n) is 4.23. The Morgan fingerprint density at radius 2 is 2.14 bits per heavy atom. The summed E-state index contributed by atoms with van der Waals surface area (Å²) in [5, 5.41) is 12.8. The van der Waals surface area contributed by atoms with Crippen LogP contribution in [0.3, 0.4) is 0 Å². The van der Waals surface area contributed by atoms with Crippen molar-refractivity contribution in [3.8, 4) is 0 Å². The predicted octanol–water partition coefficient (Wildman–Crippen LogP) is 1.37. The molecular weight excluding hydrogens is 290 g/mol. The molecule has 1 fully saturated rings. The third kappa shape index (κ3) is 4.05. The van der Waals surface area contributed by atoms with Gasteiger partial charge in [-0.25, -0.2) is 13.1 Å². The van der Waals surface area contributed by atoms with Crippen molar-refractivity contribution in [1.82, 2.24) is 14.5 Å². The van der Waals surface area contributed by atoms with Crippen molar-refractivity contribution in [3.63, 3.8) is 0 Å². The van der Waals surface area contributed by atoms with Crippen LogP contribution >= 0.6 is 0 Å². The van der Waals surface area contributed by atoms with Gasteiger partial charge in [-0.3, -0.25) is 4.68 Å². The molecular formula is C14H25N3O3S. The van der Waals surface area contributed by atoms with Crippen LogP contribution in [0, 0.1) is 11.8 Å². The van der Waals surface area contributed by atoms with Gasteiger partial charge in [-0.05, 0) is 24.7 Å². The van der Waals surface area contributed by atoms with Crippen LogP contribution in [-0.2, 0) is 16.6 Å². The molecule has 0 aromatic carbocycles. The molecule has 1 heterocycles. The smallest absolute Gasteiger partial charge is 0.243 e. The first-order valence-electron chi connectivity index (χ1n) is 7.59. The fourth-order valence-electron chi connectivity index (χ4n) is 3.08. The Hall–Kier alpha value is -0.920. The monoisotopic (exact) mass is 315 g/mol. The molecule has 1 saturated carbocycles. The van der Waals surface area contributed by atoms with E-state index in [0.717, 1.165) is 19.3 Å². The fraction of sp³-hybridized carbons (Fsp3) is 0.786. The van der Waals surface area contributed by atoms with E-state index in [2.05, 4.69) is 23.7 Å². The number of rotatable bonds is 6. The Bertz CT molecular complexity index is 554. The van der Waals surface area contributed by atoms with E-state index in [9.17, 15) is 8.42 Å². The van der Waals surface area contributed by atoms with Gasteiger partial charge in [0.05, 0.1) is 19.3 Å². The maximum Gasteiger partial charge on any atom is 0.243 e. The largest absolute Gasteiger partial charge is 0.394 e. The number of sulfonamides is 1. The highest BCUT2D eigenvalue weighted by molar-refractivity contribution is 7.89. The number of aliphatic hydroxyl groups excluding tert-OH is 1. The third-order valence-corrected chi connectivity index (χ3v) is 5.68. The lowest BCUT2D eigenvalue weighted by molar-refractivity contribution is 0.226. The molecule has 0 aliphatic heterocycles. The van der Waals surface area contributed by atoms with Crippen LogP contribution < -0.4 is 4.72 Å². The van der Waals surface area contributed by atoms with Crippen molar-refractivity contribution < 1.29 is 13.5 Å². The molecule has 1 aliphatic rings. The highest BCUT2D eigenvalue weighted by Gasteiger charge is 2.31. The number of aromatic nitrogens is 2. The van der Waals surface area contributed by atoms with Gasteiger partial charge in [0.25, 0.3) is 0 Å². The van der Waals surface area contributed by atoms with Crippen molar-refractivity contribution in [3.05, 3.63) is 12.4 Å². The molecule has 0 radical (unpaired) electrons. The second-order valence-electron chi connectivity index (χ2n) is 6.08. The van der Waals surface area contributed by atoms with Crippen LogP contribution in [-0.4, -0.2) is 36.0 Å². The Kier molecular flexibility index (Phi) is 5.40. The van der Waals surface area contributed by atoms with Gasteiger partial charge in [0, 0.05) is 12.2 Å². The minimum absolute atomic E-state index is 0.00458. The van der Waals surface area contributed by atoms with E-state index in [1.54, 1.807) is 0 Å². The van der Waals surface area contributed by atoms with E-state index in [1.165, 1.54) is 23.5 Å². The van der Waals surface area contributed by atoms with E-state index in [4.69, 9.17) is 5.11 Å². The maximum absolute atomic E-state index is 12.5. The Labute approximate surface area is 126 Å². The number of hydrogen-bond donors (Lipinski definition) is 2. The van der Waals surface area contributed by atoms with Gasteiger partial charge in [-0.15, -0.1) is 0 Å². The molecule has 2 unspecified atom stereocenters. The molecule has 1 aliphatic carbocycles. The number of hydrogen-bond acceptors (Lipinski definition) is 4. The molecule has 2 atom stereocenters. The molecule has 7 heteroatoms. The zero-order valence-electron chi connectivity index (χ0n) is 12.7. The van der Waals surface area contributed by atoms with Gasteiger partial charge in [0.2, 0.25) is 10.0 Å². The summed E-state index contributed by atoms with van der Waals surface area (Å²) in [5.74, 6) is 0.858. The van der Waals surface area contributed by atoms with Crippen LogP contribution in [0.4, 0.5) is 0 Å². The number of nitrogens with one attached hydrogen (secondary N) is 1. The van der Waals surface area contributed by atoms with Gasteiger partial charge in [0.1, 0.15) is 4.90 Å². The molecule has 0 saturated heterocycles. The van der Waals surface area contributed by atoms with Crippen LogP contribution in [0.25, 0.3) is 0 Å². The molecule has 1 aromatic heterocycles. The lowest BCUT2D eigenvalue weighted by Crippen LogP contribution is -2.43. The summed E-state index contributed by atoms with van der Waals surface area (Å²) in [6.45, 7) is 4.54. The predicted molar refractivity (Wildman–Crippen MR) is 80.2 cm³/mol. The first-order valence-corrected chi connectivity index (χ1v) is 9.08. The quantitative estimate of drug-likeness (QED) is 0.830. The average Bonchev–Trinajstić information content (AvgIpc) is 2.88. The van der Waals surface area contributed by atoms with Crippen LogP contribution in [0.2, 0.25) is 0 Å². The van der Waals surface area contributed by atoms with Crippen molar-refractivity contribution in [2.75, 3.05) is 6.61 Å². The van der Waals surface area contributed by atoms with E-state index < -0.39 is 10.0 Å². The minimum atomic E-state index is -3.54. The van der Waals surface area contributed by atoms with Gasteiger partial charge in [-0.1, -0.05) is 26.7 Å². The van der Waals surface area contributed by atoms with Crippen molar-refractivity contribution in [2.24, 2.45) is 11.8 Å². The van der Waals surface area contributed by atoms with Gasteiger partial charge < -0.3 is 5.11 Å². The molecule has 0 spiro atoms. The maximum atomic E-state index is 12.5. The molecule has 6 nitrogen and oxygen atoms in total. The molecule has 0 amide bonds. The second kappa shape index (κ2) is 6.89. The van der Waals surface area contributed by atoms with Gasteiger partial charge >= 0.3 is 0 Å². The van der Waals surface area contributed by atoms with E-state index in [0.29, 0.717) is 18.4 Å². The molecule has 2 N–H and O–H groups in total. The van der Waals surface area contributed by atoms with E-state index in [-0.39, 0.29) is 17.5 Å². The number of nitrogens with zero attached hydrogens (tertiary/aromatic N) is 2. The SMILES string of the molecule is CC(C)C1CCCCC1NS(=O)(=O)c1cnn(CCO)c1. The first kappa shape index (κ1) is 16.5. The highest BCUT2D eigenvalue weighted by Crippen LogP contribution is 2.31. The summed E-state index contributed by atoms with van der Waals surface area (Å²) in [6.07, 6.45) is 7.02. The zero-order chi connectivity index (χ0) is 15.5. The Balaban J connectivity index is 2.11. The average molecular weight is 315 g/mol. The molecule has 21 heavy (non-hydrogen) atoms. The lowest BCUT2D eigenvalue weighted by atomic mass is 9.78. The molecule has 1 aromatic rings. The minimum Gasteiger partial charge on any atom is -0.394 e. The summed E-state index contributed by atoms with van der Waals surface area (Å²) in [5.41, 5.74) is 0. The molecule has 0 bridgehead atoms. The zero-order valence-corrected chi connectivity index (χ0v) is 13.5. The Morgan fingerprint density at radius 1 is 1.43 bits per heavy atom. The summed E-state index contributed by atoms with van der Waals surface area (Å²) in [4.78, 5) is 0.170. The lowest BCUT2D eigenvalue weighted by Gasteiger charge is -2.34. The second-order valence-corrected chi connectivity index (χ2v) is 7.80. The van der Waals surface area contributed by atoms with Crippen molar-refractivity contribution in [1.29, 1.82) is 0 Å². The van der Waals surface area contributed by atoms with Crippen molar-refractivity contribution in [2.45, 2.75) is 57.0 Å². The Morgan fingerprint density at radius 3 is 2.81 bits per heavy atom. The highest BCUT2D eigenvalue weighted by atomic mass is 32.2. The van der Waals surface area contributed by atoms with Crippen LogP contribution in [0.1, 0.15) is 39.5 Å². The summed E-state index contributed by atoms with van der Waals surface area (Å²) >= 11 is 0. The summed E-state index contributed by atoms with van der Waals surface area (Å²) < 4.78 is 29.2. The van der Waals surface area contributed by atoms with Crippen LogP contribution in [0.15, 0.2) is 17.3 Å². The topological polar surface area (TPSA) is 84.2 Å². The number of aliphatic hydroxyl groups is 1. The normalized spacial score (nSPS) is 23.6. The van der Waals surface area contributed by atoms with E-state index in [1.807, 2.05) is 0 Å². The molecule has 120 valence electrons. The van der Waals surface area contributed by atoms with Gasteiger partial charge in [0.15, 0.2) is 0 Å². The molecule has 2 rings (SSSR count). The van der Waals surface area contributed by atoms with E-state index >= 15 is 0 Å². The summed E-state index contributed by atoms with van der Waals surface area (Å²) in [6, 6.07) is 0.00458. The first-order chi connectivity index (χ1) is 9.94. The standard InChI is InChI=1S/C14H25N3O3S/c1-11(2)13-5-3-4-6-14(13)16-21(19,20)12-9-15-17(10-12)7-8-18/h9-11,13-14,16,18H,3-8H2,1-2H3. The summed E-state index contributed by atoms with van der Waals surface area (Å²) in [7, 11) is -3.54.